The number of anilines is 1. The molecule has 0 unspecified atom stereocenters. The summed E-state index contributed by atoms with van der Waals surface area (Å²) in [6.07, 6.45) is -5.22. The molecule has 0 saturated heterocycles. The Morgan fingerprint density at radius 3 is 2.28 bits per heavy atom. The van der Waals surface area contributed by atoms with Gasteiger partial charge in [-0.1, -0.05) is 11.6 Å². The van der Waals surface area contributed by atoms with E-state index in [0.717, 1.165) is 0 Å². The second kappa shape index (κ2) is 4.81. The molecule has 0 aliphatic heterocycles. The number of halogens is 5. The fourth-order valence-electron chi connectivity index (χ4n) is 1.02. The van der Waals surface area contributed by atoms with Crippen LogP contribution < -0.4 is 5.32 Å². The van der Waals surface area contributed by atoms with E-state index in [2.05, 4.69) is 0 Å². The Hall–Kier alpha value is -1.83. The summed E-state index contributed by atoms with van der Waals surface area (Å²) >= 11 is 5.28. The molecular weight excluding hydrogens is 282 g/mol. The number of rotatable bonds is 2. The number of amides is 1. The van der Waals surface area contributed by atoms with Gasteiger partial charge in [0.1, 0.15) is 5.82 Å². The van der Waals surface area contributed by atoms with Gasteiger partial charge in [0.05, 0.1) is 16.3 Å². The number of nitrogens with one attached hydrogen (secondary N) is 1. The summed E-state index contributed by atoms with van der Waals surface area (Å²) in [6.45, 7) is 0. The number of hydrogen-bond acceptors (Lipinski definition) is 2. The lowest BCUT2D eigenvalue weighted by Gasteiger charge is -2.11. The van der Waals surface area contributed by atoms with E-state index >= 15 is 0 Å². The van der Waals surface area contributed by atoms with Gasteiger partial charge in [-0.15, -0.1) is 0 Å². The molecule has 0 fully saturated rings. The Bertz CT molecular complexity index is 515. The van der Waals surface area contributed by atoms with Gasteiger partial charge in [-0.25, -0.2) is 9.18 Å². The quantitative estimate of drug-likeness (QED) is 0.821. The molecule has 0 saturated carbocycles. The van der Waals surface area contributed by atoms with Crippen molar-refractivity contribution in [3.05, 3.63) is 28.5 Å². The molecule has 0 spiro atoms. The lowest BCUT2D eigenvalue weighted by Crippen LogP contribution is -2.30. The van der Waals surface area contributed by atoms with Crippen LogP contribution in [0, 0.1) is 5.82 Å². The van der Waals surface area contributed by atoms with Gasteiger partial charge in [0.15, 0.2) is 0 Å². The molecule has 9 heteroatoms. The van der Waals surface area contributed by atoms with Crippen molar-refractivity contribution in [1.82, 2.24) is 0 Å². The van der Waals surface area contributed by atoms with Crippen molar-refractivity contribution in [3.63, 3.8) is 0 Å². The average molecular weight is 286 g/mol. The average Bonchev–Trinajstić information content (AvgIpc) is 2.21. The smallest absolute Gasteiger partial charge is 0.471 e. The normalized spacial score (nSPS) is 11.2. The molecule has 1 aromatic carbocycles. The fourth-order valence-corrected chi connectivity index (χ4v) is 1.18. The SMILES string of the molecule is O=C(O)c1cc(Cl)c(F)cc1NC(=O)C(F)(F)F. The Morgan fingerprint density at radius 2 is 1.83 bits per heavy atom. The number of carbonyl (C=O) groups is 2. The van der Waals surface area contributed by atoms with E-state index < -0.39 is 40.1 Å². The van der Waals surface area contributed by atoms with Gasteiger partial charge in [0, 0.05) is 0 Å². The number of carbonyl (C=O) groups excluding carboxylic acids is 1. The van der Waals surface area contributed by atoms with E-state index in [1.54, 1.807) is 0 Å². The molecule has 1 aromatic rings. The predicted molar refractivity (Wildman–Crippen MR) is 53.1 cm³/mol. The van der Waals surface area contributed by atoms with Gasteiger partial charge in [-0.3, -0.25) is 4.79 Å². The Morgan fingerprint density at radius 1 is 1.28 bits per heavy atom. The molecule has 2 N–H and O–H groups in total. The highest BCUT2D eigenvalue weighted by atomic mass is 35.5. The van der Waals surface area contributed by atoms with Crippen molar-refractivity contribution >= 4 is 29.2 Å². The van der Waals surface area contributed by atoms with Gasteiger partial charge in [0.25, 0.3) is 0 Å². The third-order valence-electron chi connectivity index (χ3n) is 1.80. The largest absolute Gasteiger partial charge is 0.478 e. The van der Waals surface area contributed by atoms with Crippen LogP contribution in [0.3, 0.4) is 0 Å². The van der Waals surface area contributed by atoms with Crippen LogP contribution in [0.4, 0.5) is 23.2 Å². The van der Waals surface area contributed by atoms with Crippen molar-refractivity contribution < 1.29 is 32.3 Å². The number of aromatic carboxylic acids is 1. The topological polar surface area (TPSA) is 66.4 Å². The maximum atomic E-state index is 13.0. The highest BCUT2D eigenvalue weighted by Crippen LogP contribution is 2.26. The van der Waals surface area contributed by atoms with Crippen LogP contribution in [0.1, 0.15) is 10.4 Å². The summed E-state index contributed by atoms with van der Waals surface area (Å²) in [5, 5.41) is 9.35. The van der Waals surface area contributed by atoms with Gasteiger partial charge in [0.2, 0.25) is 0 Å². The van der Waals surface area contributed by atoms with Crippen LogP contribution >= 0.6 is 11.6 Å². The number of carboxylic acids is 1. The third-order valence-corrected chi connectivity index (χ3v) is 2.09. The molecule has 1 rings (SSSR count). The first-order valence-electron chi connectivity index (χ1n) is 4.23. The van der Waals surface area contributed by atoms with Crippen molar-refractivity contribution in [2.24, 2.45) is 0 Å². The molecule has 98 valence electrons. The lowest BCUT2D eigenvalue weighted by molar-refractivity contribution is -0.167. The Kier molecular flexibility index (Phi) is 3.80. The minimum absolute atomic E-state index is 0.398. The standard InChI is InChI=1S/C9H4ClF4NO3/c10-4-1-3(7(16)17)6(2-5(4)11)15-8(18)9(12,13)14/h1-2H,(H,15,18)(H,16,17). The van der Waals surface area contributed by atoms with Crippen LogP contribution in [-0.4, -0.2) is 23.2 Å². The van der Waals surface area contributed by atoms with Gasteiger partial charge >= 0.3 is 18.1 Å². The second-order valence-electron chi connectivity index (χ2n) is 3.07. The van der Waals surface area contributed by atoms with E-state index in [1.165, 1.54) is 5.32 Å². The van der Waals surface area contributed by atoms with Crippen molar-refractivity contribution in [2.45, 2.75) is 6.18 Å². The zero-order chi connectivity index (χ0) is 14.1. The lowest BCUT2D eigenvalue weighted by atomic mass is 10.1. The van der Waals surface area contributed by atoms with Crippen LogP contribution in [0.5, 0.6) is 0 Å². The van der Waals surface area contributed by atoms with E-state index in [1.807, 2.05) is 0 Å². The van der Waals surface area contributed by atoms with E-state index in [-0.39, 0.29) is 0 Å². The van der Waals surface area contributed by atoms with Crippen LogP contribution in [0.2, 0.25) is 5.02 Å². The molecule has 1 amide bonds. The molecule has 18 heavy (non-hydrogen) atoms. The molecule has 0 atom stereocenters. The van der Waals surface area contributed by atoms with Gasteiger partial charge in [-0.05, 0) is 12.1 Å². The van der Waals surface area contributed by atoms with Gasteiger partial charge < -0.3 is 10.4 Å². The first-order chi connectivity index (χ1) is 8.12. The number of alkyl halides is 3. The first kappa shape index (κ1) is 14.2. The molecule has 0 bridgehead atoms. The number of hydrogen-bond donors (Lipinski definition) is 2. The van der Waals surface area contributed by atoms with E-state index in [0.29, 0.717) is 12.1 Å². The molecule has 0 radical (unpaired) electrons. The summed E-state index contributed by atoms with van der Waals surface area (Å²) in [5.41, 5.74) is -1.58. The third kappa shape index (κ3) is 3.10. The molecule has 0 aliphatic carbocycles. The zero-order valence-electron chi connectivity index (χ0n) is 8.31. The number of benzene rings is 1. The monoisotopic (exact) mass is 285 g/mol. The highest BCUT2D eigenvalue weighted by Gasteiger charge is 2.39. The summed E-state index contributed by atoms with van der Waals surface area (Å²) in [4.78, 5) is 21.3. The van der Waals surface area contributed by atoms with E-state index in [4.69, 9.17) is 16.7 Å². The van der Waals surface area contributed by atoms with Crippen LogP contribution in [0.15, 0.2) is 12.1 Å². The summed E-state index contributed by atoms with van der Waals surface area (Å²) < 4.78 is 48.9. The maximum absolute atomic E-state index is 13.0. The fraction of sp³-hybridized carbons (Fsp3) is 0.111. The molecule has 0 heterocycles. The molecule has 0 aromatic heterocycles. The zero-order valence-corrected chi connectivity index (χ0v) is 9.06. The van der Waals surface area contributed by atoms with Crippen molar-refractivity contribution in [1.29, 1.82) is 0 Å². The summed E-state index contributed by atoms with van der Waals surface area (Å²) in [5.74, 6) is -5.22. The van der Waals surface area contributed by atoms with Crippen LogP contribution in [0.25, 0.3) is 0 Å². The maximum Gasteiger partial charge on any atom is 0.471 e. The Balaban J connectivity index is 3.20. The second-order valence-corrected chi connectivity index (χ2v) is 3.48. The first-order valence-corrected chi connectivity index (χ1v) is 4.61. The summed E-state index contributed by atoms with van der Waals surface area (Å²) in [6, 6.07) is 1.00. The molecule has 4 nitrogen and oxygen atoms in total. The highest BCUT2D eigenvalue weighted by molar-refractivity contribution is 6.31. The Labute approximate surface area is 102 Å². The molecular formula is C9H4ClF4NO3. The van der Waals surface area contributed by atoms with Crippen LogP contribution in [-0.2, 0) is 4.79 Å². The molecule has 0 aliphatic rings. The minimum atomic E-state index is -5.22. The van der Waals surface area contributed by atoms with Crippen molar-refractivity contribution in [2.75, 3.05) is 5.32 Å². The van der Waals surface area contributed by atoms with E-state index in [9.17, 15) is 27.2 Å². The summed E-state index contributed by atoms with van der Waals surface area (Å²) in [7, 11) is 0. The predicted octanol–water partition coefficient (Wildman–Crippen LogP) is 2.68. The number of carboxylic acid groups (broad SMARTS) is 1. The van der Waals surface area contributed by atoms with Gasteiger partial charge in [-0.2, -0.15) is 13.2 Å². The minimum Gasteiger partial charge on any atom is -0.478 e. The van der Waals surface area contributed by atoms with Crippen molar-refractivity contribution in [3.8, 4) is 0 Å².